The predicted molar refractivity (Wildman–Crippen MR) is 108 cm³/mol. The summed E-state index contributed by atoms with van der Waals surface area (Å²) in [5.41, 5.74) is 3.07. The molecule has 0 radical (unpaired) electrons. The Morgan fingerprint density at radius 1 is 1.11 bits per heavy atom. The molecule has 2 saturated heterocycles. The van der Waals surface area contributed by atoms with E-state index in [2.05, 4.69) is 34.6 Å². The topological polar surface area (TPSA) is 60.5 Å². The van der Waals surface area contributed by atoms with Crippen LogP contribution in [-0.2, 0) is 20.7 Å². The number of rotatable bonds is 6. The van der Waals surface area contributed by atoms with Crippen molar-refractivity contribution in [2.24, 2.45) is 5.41 Å². The van der Waals surface area contributed by atoms with Crippen LogP contribution in [0.25, 0.3) is 11.1 Å². The SMILES string of the molecule is O=C(NC[C@H]1CCCO1)C1(Cc2cccc(-c3ccncc3)c2)CCOCC1. The van der Waals surface area contributed by atoms with Crippen molar-refractivity contribution in [3.05, 3.63) is 54.4 Å². The van der Waals surface area contributed by atoms with Gasteiger partial charge in [-0.1, -0.05) is 24.3 Å². The normalized spacial score (nSPS) is 21.4. The van der Waals surface area contributed by atoms with E-state index in [1.807, 2.05) is 12.1 Å². The standard InChI is InChI=1S/C23H28N2O3/c26-22(25-17-21-5-2-12-28-21)23(8-13-27-14-9-23)16-18-3-1-4-20(15-18)19-6-10-24-11-7-19/h1,3-4,6-7,10-11,15,21H,2,5,8-9,12-14,16-17H2,(H,25,26)/t21-/m1/s1. The highest BCUT2D eigenvalue weighted by molar-refractivity contribution is 5.83. The second kappa shape index (κ2) is 8.84. The molecule has 2 aromatic rings. The van der Waals surface area contributed by atoms with Crippen molar-refractivity contribution in [2.45, 2.75) is 38.2 Å². The summed E-state index contributed by atoms with van der Waals surface area (Å²) in [6.07, 6.45) is 8.13. The summed E-state index contributed by atoms with van der Waals surface area (Å²) in [7, 11) is 0. The van der Waals surface area contributed by atoms with Gasteiger partial charge in [-0.2, -0.15) is 0 Å². The summed E-state index contributed by atoms with van der Waals surface area (Å²) in [6.45, 7) is 2.69. The van der Waals surface area contributed by atoms with E-state index in [-0.39, 0.29) is 12.0 Å². The van der Waals surface area contributed by atoms with Gasteiger partial charge in [-0.25, -0.2) is 0 Å². The Bertz CT molecular complexity index is 781. The van der Waals surface area contributed by atoms with Gasteiger partial charge >= 0.3 is 0 Å². The molecule has 2 fully saturated rings. The van der Waals surface area contributed by atoms with Crippen molar-refractivity contribution in [1.82, 2.24) is 10.3 Å². The van der Waals surface area contributed by atoms with Crippen molar-refractivity contribution in [1.29, 1.82) is 0 Å². The van der Waals surface area contributed by atoms with E-state index in [0.29, 0.717) is 19.8 Å². The lowest BCUT2D eigenvalue weighted by Gasteiger charge is -2.36. The average Bonchev–Trinajstić information content (AvgIpc) is 3.27. The number of benzene rings is 1. The van der Waals surface area contributed by atoms with E-state index < -0.39 is 5.41 Å². The average molecular weight is 380 g/mol. The second-order valence-corrected chi connectivity index (χ2v) is 7.85. The summed E-state index contributed by atoms with van der Waals surface area (Å²) in [5.74, 6) is 0.139. The Kier molecular flexibility index (Phi) is 6.03. The van der Waals surface area contributed by atoms with Crippen LogP contribution in [0.3, 0.4) is 0 Å². The smallest absolute Gasteiger partial charge is 0.226 e. The minimum Gasteiger partial charge on any atom is -0.381 e. The number of nitrogens with zero attached hydrogens (tertiary/aromatic N) is 1. The predicted octanol–water partition coefficient (Wildman–Crippen LogP) is 3.38. The molecule has 4 rings (SSSR count). The van der Waals surface area contributed by atoms with Gasteiger partial charge in [-0.15, -0.1) is 0 Å². The summed E-state index contributed by atoms with van der Waals surface area (Å²) >= 11 is 0. The van der Waals surface area contributed by atoms with E-state index >= 15 is 0 Å². The van der Waals surface area contributed by atoms with Crippen molar-refractivity contribution in [2.75, 3.05) is 26.4 Å². The highest BCUT2D eigenvalue weighted by Gasteiger charge is 2.40. The zero-order valence-corrected chi connectivity index (χ0v) is 16.2. The van der Waals surface area contributed by atoms with Gasteiger partial charge in [0, 0.05) is 38.8 Å². The van der Waals surface area contributed by atoms with Crippen molar-refractivity contribution >= 4 is 5.91 Å². The van der Waals surface area contributed by atoms with Crippen molar-refractivity contribution in [3.8, 4) is 11.1 Å². The third-order valence-electron chi connectivity index (χ3n) is 5.93. The lowest BCUT2D eigenvalue weighted by molar-refractivity contribution is -0.137. The number of carbonyl (C=O) groups excluding carboxylic acids is 1. The van der Waals surface area contributed by atoms with Gasteiger partial charge in [0.05, 0.1) is 11.5 Å². The largest absolute Gasteiger partial charge is 0.381 e. The first-order chi connectivity index (χ1) is 13.8. The van der Waals surface area contributed by atoms with Gasteiger partial charge in [0.1, 0.15) is 0 Å². The first-order valence-electron chi connectivity index (χ1n) is 10.2. The van der Waals surface area contributed by atoms with Crippen LogP contribution >= 0.6 is 0 Å². The summed E-state index contributed by atoms with van der Waals surface area (Å²) in [4.78, 5) is 17.3. The maximum absolute atomic E-state index is 13.2. The molecule has 1 amide bonds. The fourth-order valence-corrected chi connectivity index (χ4v) is 4.24. The van der Waals surface area contributed by atoms with E-state index in [4.69, 9.17) is 9.47 Å². The molecule has 0 unspecified atom stereocenters. The molecule has 0 aliphatic carbocycles. The molecule has 148 valence electrons. The molecule has 1 atom stereocenters. The van der Waals surface area contributed by atoms with E-state index in [0.717, 1.165) is 49.8 Å². The molecule has 0 saturated carbocycles. The third kappa shape index (κ3) is 4.42. The quantitative estimate of drug-likeness (QED) is 0.835. The zero-order valence-electron chi connectivity index (χ0n) is 16.2. The number of amides is 1. The Labute approximate surface area is 166 Å². The van der Waals surface area contributed by atoms with Crippen LogP contribution in [-0.4, -0.2) is 43.4 Å². The number of carbonyl (C=O) groups is 1. The number of hydrogen-bond acceptors (Lipinski definition) is 4. The fraction of sp³-hybridized carbons (Fsp3) is 0.478. The molecule has 0 bridgehead atoms. The first-order valence-corrected chi connectivity index (χ1v) is 10.2. The Morgan fingerprint density at radius 3 is 2.68 bits per heavy atom. The number of pyridine rings is 1. The minimum atomic E-state index is -0.409. The second-order valence-electron chi connectivity index (χ2n) is 7.85. The van der Waals surface area contributed by atoms with Crippen LogP contribution in [0, 0.1) is 5.41 Å². The Hall–Kier alpha value is -2.24. The van der Waals surface area contributed by atoms with Crippen LogP contribution in [0.1, 0.15) is 31.2 Å². The van der Waals surface area contributed by atoms with E-state index in [9.17, 15) is 4.79 Å². The van der Waals surface area contributed by atoms with Gasteiger partial charge < -0.3 is 14.8 Å². The van der Waals surface area contributed by atoms with Crippen LogP contribution in [0.5, 0.6) is 0 Å². The Balaban J connectivity index is 1.50. The number of aromatic nitrogens is 1. The van der Waals surface area contributed by atoms with Crippen LogP contribution in [0.15, 0.2) is 48.8 Å². The molecule has 1 aromatic carbocycles. The molecule has 5 nitrogen and oxygen atoms in total. The molecule has 3 heterocycles. The lowest BCUT2D eigenvalue weighted by atomic mass is 9.74. The van der Waals surface area contributed by atoms with Crippen LogP contribution in [0.2, 0.25) is 0 Å². The lowest BCUT2D eigenvalue weighted by Crippen LogP contribution is -2.47. The molecule has 2 aliphatic rings. The van der Waals surface area contributed by atoms with Gasteiger partial charge in [0.15, 0.2) is 0 Å². The van der Waals surface area contributed by atoms with Gasteiger partial charge in [0.25, 0.3) is 0 Å². The highest BCUT2D eigenvalue weighted by atomic mass is 16.5. The van der Waals surface area contributed by atoms with Crippen LogP contribution in [0.4, 0.5) is 0 Å². The molecular weight excluding hydrogens is 352 g/mol. The van der Waals surface area contributed by atoms with E-state index in [1.54, 1.807) is 12.4 Å². The molecule has 28 heavy (non-hydrogen) atoms. The van der Waals surface area contributed by atoms with Crippen molar-refractivity contribution < 1.29 is 14.3 Å². The number of hydrogen-bond donors (Lipinski definition) is 1. The molecule has 5 heteroatoms. The summed E-state index contributed by atoms with van der Waals surface area (Å²) < 4.78 is 11.2. The third-order valence-corrected chi connectivity index (χ3v) is 5.93. The molecule has 2 aliphatic heterocycles. The van der Waals surface area contributed by atoms with Gasteiger partial charge in [0.2, 0.25) is 5.91 Å². The van der Waals surface area contributed by atoms with E-state index in [1.165, 1.54) is 5.56 Å². The highest BCUT2D eigenvalue weighted by Crippen LogP contribution is 2.35. The first kappa shape index (κ1) is 19.1. The summed E-state index contributed by atoms with van der Waals surface area (Å²) in [5, 5.41) is 3.17. The molecule has 0 spiro atoms. The maximum Gasteiger partial charge on any atom is 0.226 e. The fourth-order valence-electron chi connectivity index (χ4n) is 4.24. The molecule has 1 N–H and O–H groups in total. The number of nitrogens with one attached hydrogen (secondary N) is 1. The summed E-state index contributed by atoms with van der Waals surface area (Å²) in [6, 6.07) is 12.5. The molecular formula is C23H28N2O3. The van der Waals surface area contributed by atoms with Crippen LogP contribution < -0.4 is 5.32 Å². The minimum absolute atomic E-state index is 0.139. The monoisotopic (exact) mass is 380 g/mol. The Morgan fingerprint density at radius 2 is 1.93 bits per heavy atom. The van der Waals surface area contributed by atoms with Crippen molar-refractivity contribution in [3.63, 3.8) is 0 Å². The van der Waals surface area contributed by atoms with Gasteiger partial charge in [-0.3, -0.25) is 9.78 Å². The van der Waals surface area contributed by atoms with Gasteiger partial charge in [-0.05, 0) is 60.9 Å². The molecule has 1 aromatic heterocycles. The zero-order chi connectivity index (χ0) is 19.2. The number of ether oxygens (including phenoxy) is 2. The maximum atomic E-state index is 13.2.